The van der Waals surface area contributed by atoms with Crippen LogP contribution in [-0.2, 0) is 6.42 Å². The lowest BCUT2D eigenvalue weighted by atomic mass is 10.2. The molecule has 0 fully saturated rings. The van der Waals surface area contributed by atoms with E-state index in [1.165, 1.54) is 4.90 Å². The number of aromatic nitrogens is 2. The maximum Gasteiger partial charge on any atom is 0.255 e. The van der Waals surface area contributed by atoms with Gasteiger partial charge in [0.25, 0.3) is 6.43 Å². The van der Waals surface area contributed by atoms with Crippen LogP contribution in [0.25, 0.3) is 0 Å². The molecule has 0 atom stereocenters. The lowest BCUT2D eigenvalue weighted by Gasteiger charge is -2.24. The zero-order valence-electron chi connectivity index (χ0n) is 11.2. The van der Waals surface area contributed by atoms with Crippen molar-refractivity contribution < 1.29 is 13.9 Å². The van der Waals surface area contributed by atoms with Crippen LogP contribution in [0, 0.1) is 6.92 Å². The first-order valence-electron chi connectivity index (χ1n) is 6.26. The van der Waals surface area contributed by atoms with Crippen LogP contribution in [-0.4, -0.2) is 41.2 Å². The van der Waals surface area contributed by atoms with E-state index < -0.39 is 13.0 Å². The van der Waals surface area contributed by atoms with Gasteiger partial charge in [-0.15, -0.1) is 0 Å². The van der Waals surface area contributed by atoms with Gasteiger partial charge in [-0.05, 0) is 13.3 Å². The number of anilines is 2. The topological polar surface area (TPSA) is 75.3 Å². The molecule has 7 heteroatoms. The Balaban J connectivity index is 3.12. The van der Waals surface area contributed by atoms with Gasteiger partial charge in [0.05, 0.1) is 13.2 Å². The molecule has 0 spiro atoms. The van der Waals surface area contributed by atoms with Crippen LogP contribution in [0.15, 0.2) is 0 Å². The number of aryl methyl sites for hydroxylation is 1. The zero-order valence-corrected chi connectivity index (χ0v) is 11.2. The van der Waals surface area contributed by atoms with Crippen LogP contribution in [0.5, 0.6) is 0 Å². The molecule has 1 aromatic heterocycles. The fourth-order valence-corrected chi connectivity index (χ4v) is 1.78. The number of hydrogen-bond acceptors (Lipinski definition) is 5. The molecule has 1 aromatic rings. The largest absolute Gasteiger partial charge is 0.395 e. The van der Waals surface area contributed by atoms with E-state index in [1.807, 2.05) is 6.92 Å². The minimum absolute atomic E-state index is 0.0905. The lowest BCUT2D eigenvalue weighted by molar-refractivity contribution is 0.152. The van der Waals surface area contributed by atoms with Crippen LogP contribution < -0.4 is 10.6 Å². The Hall–Kier alpha value is -1.50. The Morgan fingerprint density at radius 2 is 2.05 bits per heavy atom. The van der Waals surface area contributed by atoms with Crippen molar-refractivity contribution in [2.75, 3.05) is 30.3 Å². The normalized spacial score (nSPS) is 11.1. The van der Waals surface area contributed by atoms with Gasteiger partial charge in [0, 0.05) is 18.5 Å². The highest BCUT2D eigenvalue weighted by Crippen LogP contribution is 2.22. The number of nitrogens with zero attached hydrogens (tertiary/aromatic N) is 3. The third kappa shape index (κ3) is 4.27. The molecule has 0 aliphatic rings. The Morgan fingerprint density at radius 3 is 2.58 bits per heavy atom. The van der Waals surface area contributed by atoms with Gasteiger partial charge >= 0.3 is 0 Å². The number of aliphatic hydroxyl groups is 1. The molecule has 1 rings (SSSR count). The van der Waals surface area contributed by atoms with Gasteiger partial charge in [-0.1, -0.05) is 6.92 Å². The third-order valence-corrected chi connectivity index (χ3v) is 2.71. The average molecular weight is 274 g/mol. The Morgan fingerprint density at radius 1 is 1.37 bits per heavy atom. The highest BCUT2D eigenvalue weighted by Gasteiger charge is 2.18. The van der Waals surface area contributed by atoms with Gasteiger partial charge in [0.15, 0.2) is 0 Å². The van der Waals surface area contributed by atoms with Gasteiger partial charge in [-0.3, -0.25) is 0 Å². The van der Waals surface area contributed by atoms with Crippen molar-refractivity contribution in [2.24, 2.45) is 0 Å². The standard InChI is InChI=1S/C12H20F2N4O/c1-3-4-10-16-11(15)8(2)12(17-10)18(5-6-19)7-9(13)14/h9,19H,3-7H2,1-2H3,(H2,15,16,17). The minimum atomic E-state index is -2.50. The minimum Gasteiger partial charge on any atom is -0.395 e. The maximum absolute atomic E-state index is 12.6. The van der Waals surface area contributed by atoms with Crippen molar-refractivity contribution in [3.05, 3.63) is 11.4 Å². The maximum atomic E-state index is 12.6. The van der Waals surface area contributed by atoms with Crippen LogP contribution in [0.2, 0.25) is 0 Å². The third-order valence-electron chi connectivity index (χ3n) is 2.71. The second kappa shape index (κ2) is 7.18. The van der Waals surface area contributed by atoms with E-state index in [0.717, 1.165) is 6.42 Å². The first-order valence-corrected chi connectivity index (χ1v) is 6.26. The van der Waals surface area contributed by atoms with Gasteiger partial charge in [-0.2, -0.15) is 0 Å². The van der Waals surface area contributed by atoms with Crippen LogP contribution >= 0.6 is 0 Å². The summed E-state index contributed by atoms with van der Waals surface area (Å²) in [7, 11) is 0. The summed E-state index contributed by atoms with van der Waals surface area (Å²) >= 11 is 0. The predicted octanol–water partition coefficient (Wildman–Crippen LogP) is 1.38. The predicted molar refractivity (Wildman–Crippen MR) is 70.5 cm³/mol. The van der Waals surface area contributed by atoms with Crippen molar-refractivity contribution in [3.8, 4) is 0 Å². The molecule has 19 heavy (non-hydrogen) atoms. The highest BCUT2D eigenvalue weighted by molar-refractivity contribution is 5.56. The number of aliphatic hydroxyl groups excluding tert-OH is 1. The summed E-state index contributed by atoms with van der Waals surface area (Å²) in [5, 5.41) is 8.98. The monoisotopic (exact) mass is 274 g/mol. The van der Waals surface area contributed by atoms with Gasteiger partial charge in [0.2, 0.25) is 0 Å². The van der Waals surface area contributed by atoms with Gasteiger partial charge in [0.1, 0.15) is 17.5 Å². The Kier molecular flexibility index (Phi) is 5.88. The molecule has 0 aliphatic heterocycles. The van der Waals surface area contributed by atoms with E-state index in [9.17, 15) is 8.78 Å². The van der Waals surface area contributed by atoms with Crippen LogP contribution in [0.3, 0.4) is 0 Å². The summed E-state index contributed by atoms with van der Waals surface area (Å²) in [6.07, 6.45) is -1.02. The van der Waals surface area contributed by atoms with E-state index in [4.69, 9.17) is 10.8 Å². The average Bonchev–Trinajstić information content (AvgIpc) is 2.33. The summed E-state index contributed by atoms with van der Waals surface area (Å²) < 4.78 is 25.2. The number of alkyl halides is 2. The molecule has 0 bridgehead atoms. The van der Waals surface area contributed by atoms with Crippen molar-refractivity contribution in [1.29, 1.82) is 0 Å². The van der Waals surface area contributed by atoms with Crippen molar-refractivity contribution in [3.63, 3.8) is 0 Å². The Bertz CT molecular complexity index is 415. The molecular weight excluding hydrogens is 254 g/mol. The fraction of sp³-hybridized carbons (Fsp3) is 0.667. The van der Waals surface area contributed by atoms with Crippen LogP contribution in [0.1, 0.15) is 24.7 Å². The molecule has 108 valence electrons. The number of halogens is 2. The number of rotatable bonds is 7. The van der Waals surface area contributed by atoms with E-state index in [2.05, 4.69) is 9.97 Å². The van der Waals surface area contributed by atoms with E-state index in [0.29, 0.717) is 29.4 Å². The van der Waals surface area contributed by atoms with E-state index >= 15 is 0 Å². The van der Waals surface area contributed by atoms with Crippen molar-refractivity contribution in [2.45, 2.75) is 33.1 Å². The molecule has 0 saturated carbocycles. The molecule has 0 saturated heterocycles. The summed E-state index contributed by atoms with van der Waals surface area (Å²) in [5.41, 5.74) is 6.35. The molecule has 5 nitrogen and oxygen atoms in total. The Labute approximate surface area is 111 Å². The summed E-state index contributed by atoms with van der Waals surface area (Å²) in [6.45, 7) is 3.05. The molecular formula is C12H20F2N4O. The number of hydrogen-bond donors (Lipinski definition) is 2. The van der Waals surface area contributed by atoms with E-state index in [1.54, 1.807) is 6.92 Å². The SMILES string of the molecule is CCCc1nc(N)c(C)c(N(CCO)CC(F)F)n1. The van der Waals surface area contributed by atoms with Gasteiger partial charge < -0.3 is 15.7 Å². The highest BCUT2D eigenvalue weighted by atomic mass is 19.3. The zero-order chi connectivity index (χ0) is 14.4. The lowest BCUT2D eigenvalue weighted by Crippen LogP contribution is -2.33. The van der Waals surface area contributed by atoms with Gasteiger partial charge in [-0.25, -0.2) is 18.7 Å². The molecule has 1 heterocycles. The summed E-state index contributed by atoms with van der Waals surface area (Å²) in [6, 6.07) is 0. The quantitative estimate of drug-likeness (QED) is 0.785. The molecule has 0 amide bonds. The van der Waals surface area contributed by atoms with E-state index in [-0.39, 0.29) is 13.2 Å². The molecule has 3 N–H and O–H groups in total. The summed E-state index contributed by atoms with van der Waals surface area (Å²) in [4.78, 5) is 9.76. The fourth-order valence-electron chi connectivity index (χ4n) is 1.78. The second-order valence-corrected chi connectivity index (χ2v) is 4.28. The molecule has 0 aliphatic carbocycles. The number of nitrogen functional groups attached to an aromatic ring is 1. The molecule has 0 radical (unpaired) electrons. The molecule has 0 unspecified atom stereocenters. The first kappa shape index (κ1) is 15.6. The molecule has 0 aromatic carbocycles. The second-order valence-electron chi connectivity index (χ2n) is 4.28. The first-order chi connectivity index (χ1) is 8.99. The van der Waals surface area contributed by atoms with Crippen molar-refractivity contribution >= 4 is 11.6 Å². The summed E-state index contributed by atoms with van der Waals surface area (Å²) in [5.74, 6) is 1.22. The smallest absolute Gasteiger partial charge is 0.255 e. The van der Waals surface area contributed by atoms with Crippen LogP contribution in [0.4, 0.5) is 20.4 Å². The van der Waals surface area contributed by atoms with Crippen molar-refractivity contribution in [1.82, 2.24) is 9.97 Å². The number of nitrogens with two attached hydrogens (primary N) is 1.